The summed E-state index contributed by atoms with van der Waals surface area (Å²) in [6.07, 6.45) is 3.62. The summed E-state index contributed by atoms with van der Waals surface area (Å²) in [5, 5.41) is 3.92. The minimum Gasteiger partial charge on any atom is -0.376 e. The zero-order chi connectivity index (χ0) is 15.6. The second-order valence-electron chi connectivity index (χ2n) is 6.42. The molecule has 0 bridgehead atoms. The van der Waals surface area contributed by atoms with Gasteiger partial charge in [-0.15, -0.1) is 0 Å². The van der Waals surface area contributed by atoms with Crippen LogP contribution in [0.25, 0.3) is 11.0 Å². The van der Waals surface area contributed by atoms with E-state index in [0.717, 1.165) is 24.8 Å². The molecule has 0 radical (unpaired) electrons. The molecule has 116 valence electrons. The van der Waals surface area contributed by atoms with Crippen molar-refractivity contribution in [3.8, 4) is 0 Å². The highest BCUT2D eigenvalue weighted by atomic mass is 16.5. The van der Waals surface area contributed by atoms with Gasteiger partial charge in [-0.25, -0.2) is 9.97 Å². The predicted molar refractivity (Wildman–Crippen MR) is 84.6 cm³/mol. The molecule has 0 aliphatic carbocycles. The van der Waals surface area contributed by atoms with E-state index in [1.54, 1.807) is 12.3 Å². The molecular formula is C17H21N3O2. The molecule has 2 aromatic rings. The third kappa shape index (κ3) is 3.42. The Morgan fingerprint density at radius 1 is 1.41 bits per heavy atom. The lowest BCUT2D eigenvalue weighted by atomic mass is 9.88. The summed E-state index contributed by atoms with van der Waals surface area (Å²) in [6, 6.07) is 7.41. The number of amides is 1. The number of carbonyl (C=O) groups excluding carboxylic acids is 1. The molecule has 2 aromatic heterocycles. The normalized spacial score (nSPS) is 20.7. The third-order valence-electron chi connectivity index (χ3n) is 4.05. The van der Waals surface area contributed by atoms with Crippen LogP contribution in [0.3, 0.4) is 0 Å². The number of carbonyl (C=O) groups is 1. The van der Waals surface area contributed by atoms with Gasteiger partial charge in [-0.2, -0.15) is 0 Å². The Hall–Kier alpha value is -2.01. The topological polar surface area (TPSA) is 64.1 Å². The smallest absolute Gasteiger partial charge is 0.269 e. The Kier molecular flexibility index (Phi) is 4.07. The number of aromatic nitrogens is 2. The summed E-state index contributed by atoms with van der Waals surface area (Å²) in [4.78, 5) is 20.8. The van der Waals surface area contributed by atoms with Crippen molar-refractivity contribution in [3.63, 3.8) is 0 Å². The van der Waals surface area contributed by atoms with Gasteiger partial charge < -0.3 is 10.1 Å². The van der Waals surface area contributed by atoms with Crippen LogP contribution in [0.4, 0.5) is 0 Å². The highest BCUT2D eigenvalue weighted by molar-refractivity contribution is 5.94. The summed E-state index contributed by atoms with van der Waals surface area (Å²) >= 11 is 0. The van der Waals surface area contributed by atoms with Crippen LogP contribution >= 0.6 is 0 Å². The van der Waals surface area contributed by atoms with Crippen molar-refractivity contribution in [1.29, 1.82) is 0 Å². The van der Waals surface area contributed by atoms with Crippen LogP contribution in [0.5, 0.6) is 0 Å². The number of fused-ring (bicyclic) bond motifs is 1. The molecule has 1 fully saturated rings. The molecule has 1 N–H and O–H groups in total. The van der Waals surface area contributed by atoms with Crippen molar-refractivity contribution in [2.75, 3.05) is 13.2 Å². The van der Waals surface area contributed by atoms with Crippen LogP contribution < -0.4 is 5.32 Å². The monoisotopic (exact) mass is 299 g/mol. The lowest BCUT2D eigenvalue weighted by Gasteiger charge is -2.35. The van der Waals surface area contributed by atoms with Gasteiger partial charge in [0.05, 0.1) is 5.60 Å². The van der Waals surface area contributed by atoms with Crippen LogP contribution in [0.2, 0.25) is 0 Å². The summed E-state index contributed by atoms with van der Waals surface area (Å²) in [7, 11) is 0. The second-order valence-corrected chi connectivity index (χ2v) is 6.42. The molecule has 3 rings (SSSR count). The predicted octanol–water partition coefficient (Wildman–Crippen LogP) is 2.56. The average molecular weight is 299 g/mol. The fraction of sp³-hybridized carbons (Fsp3) is 0.471. The van der Waals surface area contributed by atoms with Crippen molar-refractivity contribution in [3.05, 3.63) is 36.2 Å². The van der Waals surface area contributed by atoms with Gasteiger partial charge in [0.1, 0.15) is 5.69 Å². The highest BCUT2D eigenvalue weighted by Gasteiger charge is 2.28. The minimum atomic E-state index is -0.142. The van der Waals surface area contributed by atoms with Gasteiger partial charge in [0, 0.05) is 24.7 Å². The molecule has 0 saturated carbocycles. The number of ether oxygens (including phenoxy) is 1. The number of pyridine rings is 2. The lowest BCUT2D eigenvalue weighted by Crippen LogP contribution is -2.39. The number of hydrogen-bond acceptors (Lipinski definition) is 4. The van der Waals surface area contributed by atoms with E-state index < -0.39 is 0 Å². The van der Waals surface area contributed by atoms with Gasteiger partial charge in [0.15, 0.2) is 5.65 Å². The van der Waals surface area contributed by atoms with E-state index >= 15 is 0 Å². The van der Waals surface area contributed by atoms with E-state index in [9.17, 15) is 4.79 Å². The zero-order valence-electron chi connectivity index (χ0n) is 13.0. The Labute approximate surface area is 130 Å². The summed E-state index contributed by atoms with van der Waals surface area (Å²) < 4.78 is 5.70. The third-order valence-corrected chi connectivity index (χ3v) is 4.05. The first-order valence-corrected chi connectivity index (χ1v) is 7.67. The van der Waals surface area contributed by atoms with Crippen LogP contribution in [0.15, 0.2) is 30.5 Å². The lowest BCUT2D eigenvalue weighted by molar-refractivity contribution is -0.0715. The van der Waals surface area contributed by atoms with Crippen LogP contribution in [0.1, 0.15) is 37.2 Å². The van der Waals surface area contributed by atoms with E-state index in [-0.39, 0.29) is 11.5 Å². The Morgan fingerprint density at radius 3 is 3.09 bits per heavy atom. The van der Waals surface area contributed by atoms with Gasteiger partial charge in [-0.3, -0.25) is 4.79 Å². The van der Waals surface area contributed by atoms with Gasteiger partial charge in [-0.05, 0) is 56.9 Å². The molecule has 0 spiro atoms. The molecule has 3 heterocycles. The molecule has 1 atom stereocenters. The van der Waals surface area contributed by atoms with Crippen molar-refractivity contribution in [2.45, 2.75) is 32.3 Å². The molecule has 1 amide bonds. The second kappa shape index (κ2) is 6.01. The zero-order valence-corrected chi connectivity index (χ0v) is 13.0. The van der Waals surface area contributed by atoms with E-state index in [0.29, 0.717) is 23.8 Å². The number of hydrogen-bond donors (Lipinski definition) is 1. The van der Waals surface area contributed by atoms with Crippen molar-refractivity contribution in [2.24, 2.45) is 5.92 Å². The first-order valence-electron chi connectivity index (χ1n) is 7.67. The number of nitrogens with zero attached hydrogens (tertiary/aromatic N) is 2. The Bertz CT molecular complexity index is 684. The summed E-state index contributed by atoms with van der Waals surface area (Å²) in [5.74, 6) is 0.308. The Morgan fingerprint density at radius 2 is 2.27 bits per heavy atom. The highest BCUT2D eigenvalue weighted by Crippen LogP contribution is 2.28. The first kappa shape index (κ1) is 14.9. The fourth-order valence-corrected chi connectivity index (χ4v) is 2.94. The van der Waals surface area contributed by atoms with E-state index in [2.05, 4.69) is 29.1 Å². The maximum Gasteiger partial charge on any atom is 0.269 e. The molecule has 1 aliphatic heterocycles. The molecule has 1 saturated heterocycles. The van der Waals surface area contributed by atoms with Crippen LogP contribution in [-0.2, 0) is 4.74 Å². The molecule has 5 heteroatoms. The minimum absolute atomic E-state index is 0.0984. The van der Waals surface area contributed by atoms with Crippen molar-refractivity contribution in [1.82, 2.24) is 15.3 Å². The van der Waals surface area contributed by atoms with E-state index in [4.69, 9.17) is 4.74 Å². The van der Waals surface area contributed by atoms with E-state index in [1.807, 2.05) is 18.2 Å². The maximum absolute atomic E-state index is 12.3. The molecule has 0 aromatic carbocycles. The van der Waals surface area contributed by atoms with Crippen molar-refractivity contribution < 1.29 is 9.53 Å². The van der Waals surface area contributed by atoms with Gasteiger partial charge in [0.25, 0.3) is 5.91 Å². The van der Waals surface area contributed by atoms with Crippen molar-refractivity contribution >= 4 is 16.9 Å². The summed E-state index contributed by atoms with van der Waals surface area (Å²) in [6.45, 7) is 5.61. The Balaban J connectivity index is 1.63. The molecule has 5 nitrogen and oxygen atoms in total. The largest absolute Gasteiger partial charge is 0.376 e. The molecule has 22 heavy (non-hydrogen) atoms. The van der Waals surface area contributed by atoms with Crippen LogP contribution in [-0.4, -0.2) is 34.6 Å². The average Bonchev–Trinajstić information content (AvgIpc) is 2.51. The molecule has 1 aliphatic rings. The number of nitrogens with one attached hydrogen (secondary N) is 1. The first-order chi connectivity index (χ1) is 10.5. The van der Waals surface area contributed by atoms with Gasteiger partial charge in [-0.1, -0.05) is 0 Å². The quantitative estimate of drug-likeness (QED) is 0.946. The van der Waals surface area contributed by atoms with E-state index in [1.165, 1.54) is 0 Å². The standard InChI is InChI=1S/C17H21N3O2/c1-17(2)10-12(7-9-22-17)11-19-16(21)14-6-5-13-4-3-8-18-15(13)20-14/h3-6,8,12H,7,9-11H2,1-2H3,(H,19,21). The SMILES string of the molecule is CC1(C)CC(CNC(=O)c2ccc3cccnc3n2)CCO1. The van der Waals surface area contributed by atoms with Crippen LogP contribution in [0, 0.1) is 5.92 Å². The van der Waals surface area contributed by atoms with Gasteiger partial charge >= 0.3 is 0 Å². The maximum atomic E-state index is 12.3. The van der Waals surface area contributed by atoms with Gasteiger partial charge in [0.2, 0.25) is 0 Å². The molecule has 1 unspecified atom stereocenters. The molecular weight excluding hydrogens is 278 g/mol. The fourth-order valence-electron chi connectivity index (χ4n) is 2.94. The number of rotatable bonds is 3. The summed E-state index contributed by atoms with van der Waals surface area (Å²) in [5.41, 5.74) is 0.915.